The third-order valence-corrected chi connectivity index (χ3v) is 7.69. The third-order valence-electron chi connectivity index (χ3n) is 7.69. The number of rotatable bonds is 0. The normalized spacial score (nSPS) is 24.4. The van der Waals surface area contributed by atoms with E-state index < -0.39 is 0 Å². The first-order valence-corrected chi connectivity index (χ1v) is 11.2. The molecule has 2 nitrogen and oxygen atoms in total. The molecule has 0 spiro atoms. The lowest BCUT2D eigenvalue weighted by atomic mass is 9.68. The molecule has 0 saturated carbocycles. The van der Waals surface area contributed by atoms with Crippen molar-refractivity contribution in [1.29, 1.82) is 0 Å². The number of hydrogen-bond donors (Lipinski definition) is 0. The van der Waals surface area contributed by atoms with Gasteiger partial charge in [-0.05, 0) is 33.4 Å². The van der Waals surface area contributed by atoms with Gasteiger partial charge in [0.2, 0.25) is 0 Å². The van der Waals surface area contributed by atoms with E-state index in [1.807, 2.05) is 72.8 Å². The van der Waals surface area contributed by atoms with Crippen LogP contribution >= 0.6 is 0 Å². The second kappa shape index (κ2) is 6.37. The van der Waals surface area contributed by atoms with E-state index in [2.05, 4.69) is 24.3 Å². The molecule has 7 rings (SSSR count). The highest BCUT2D eigenvalue weighted by atomic mass is 16.1. The Bertz CT molecular complexity index is 1340. The van der Waals surface area contributed by atoms with Gasteiger partial charge in [0.15, 0.2) is 11.6 Å². The minimum absolute atomic E-state index is 0.153. The quantitative estimate of drug-likeness (QED) is 0.343. The zero-order valence-corrected chi connectivity index (χ0v) is 17.4. The fourth-order valence-corrected chi connectivity index (χ4v) is 6.47. The number of carbonyl (C=O) groups is 2. The summed E-state index contributed by atoms with van der Waals surface area (Å²) in [5.74, 6) is -0.826. The first kappa shape index (κ1) is 17.9. The lowest BCUT2D eigenvalue weighted by Crippen LogP contribution is -2.24. The Kier molecular flexibility index (Phi) is 3.55. The first-order chi connectivity index (χ1) is 15.8. The maximum Gasteiger partial charge on any atom is 0.171 e. The second-order valence-corrected chi connectivity index (χ2v) is 9.07. The molecule has 0 fully saturated rings. The summed E-state index contributed by atoms with van der Waals surface area (Å²) >= 11 is 0. The zero-order valence-electron chi connectivity index (χ0n) is 17.4. The molecule has 4 aromatic rings. The van der Waals surface area contributed by atoms with Gasteiger partial charge in [0.05, 0.1) is 11.8 Å². The third kappa shape index (κ3) is 2.14. The van der Waals surface area contributed by atoms with Crippen molar-refractivity contribution in [3.05, 3.63) is 142 Å². The van der Waals surface area contributed by atoms with E-state index in [1.54, 1.807) is 0 Å². The molecule has 0 heterocycles. The molecule has 0 saturated heterocycles. The smallest absolute Gasteiger partial charge is 0.171 e. The van der Waals surface area contributed by atoms with Gasteiger partial charge in [-0.25, -0.2) is 0 Å². The molecule has 3 aliphatic carbocycles. The molecule has 2 heteroatoms. The highest BCUT2D eigenvalue weighted by molar-refractivity contribution is 6.10. The van der Waals surface area contributed by atoms with Crippen LogP contribution in [-0.4, -0.2) is 11.6 Å². The van der Waals surface area contributed by atoms with Gasteiger partial charge in [-0.3, -0.25) is 9.59 Å². The number of Topliss-reactive ketones (excluding diaryl/α,β-unsaturated/α-hetero) is 2. The Morgan fingerprint density at radius 3 is 1.00 bits per heavy atom. The van der Waals surface area contributed by atoms with E-state index in [0.29, 0.717) is 0 Å². The SMILES string of the molecule is O=C1c2ccccc2C2c3ccccc3C1C1c3ccccc3C(=O)C2c2ccccc21. The Morgan fingerprint density at radius 2 is 0.625 bits per heavy atom. The van der Waals surface area contributed by atoms with Crippen LogP contribution in [0.25, 0.3) is 0 Å². The van der Waals surface area contributed by atoms with Gasteiger partial charge in [-0.2, -0.15) is 0 Å². The predicted molar refractivity (Wildman–Crippen MR) is 124 cm³/mol. The average molecular weight is 412 g/mol. The van der Waals surface area contributed by atoms with Crippen molar-refractivity contribution in [2.75, 3.05) is 0 Å². The number of benzene rings is 4. The minimum Gasteiger partial charge on any atom is -0.293 e. The fourth-order valence-electron chi connectivity index (χ4n) is 6.47. The lowest BCUT2D eigenvalue weighted by molar-refractivity contribution is 0.0937. The molecule has 4 atom stereocenters. The van der Waals surface area contributed by atoms with Crippen LogP contribution in [0.5, 0.6) is 0 Å². The summed E-state index contributed by atoms with van der Waals surface area (Å²) in [6, 6.07) is 32.5. The second-order valence-electron chi connectivity index (χ2n) is 9.07. The molecule has 0 aromatic heterocycles. The van der Waals surface area contributed by atoms with Gasteiger partial charge in [-0.15, -0.1) is 0 Å². The number of fused-ring (bicyclic) bond motifs is 6. The Labute approximate surface area is 186 Å². The molecule has 0 radical (unpaired) electrons. The Morgan fingerprint density at radius 1 is 0.344 bits per heavy atom. The summed E-state index contributed by atoms with van der Waals surface area (Å²) in [5.41, 5.74) is 7.81. The van der Waals surface area contributed by atoms with Crippen LogP contribution in [-0.2, 0) is 0 Å². The highest BCUT2D eigenvalue weighted by Crippen LogP contribution is 2.57. The van der Waals surface area contributed by atoms with Gasteiger partial charge in [0.25, 0.3) is 0 Å². The van der Waals surface area contributed by atoms with E-state index in [9.17, 15) is 9.59 Å². The lowest BCUT2D eigenvalue weighted by Gasteiger charge is -2.33. The average Bonchev–Trinajstić information content (AvgIpc) is 2.96. The minimum atomic E-state index is -0.369. The molecule has 0 aliphatic heterocycles. The molecular weight excluding hydrogens is 392 g/mol. The monoisotopic (exact) mass is 412 g/mol. The standard InChI is InChI=1S/C30H20O2/c31-29-23-15-7-5-13-21(23)25-17-9-1-3-11-19(17)27(29)26-18-10-2-4-12-20(18)28(25)30(32)24-16-8-6-14-22(24)26/h1-16,25-28H. The van der Waals surface area contributed by atoms with Crippen molar-refractivity contribution >= 4 is 11.6 Å². The summed E-state index contributed by atoms with van der Waals surface area (Å²) in [7, 11) is 0. The summed E-state index contributed by atoms with van der Waals surface area (Å²) in [4.78, 5) is 28.6. The van der Waals surface area contributed by atoms with E-state index >= 15 is 0 Å². The fraction of sp³-hybridized carbons (Fsp3) is 0.133. The highest BCUT2D eigenvalue weighted by Gasteiger charge is 2.50. The van der Waals surface area contributed by atoms with Crippen LogP contribution < -0.4 is 0 Å². The van der Waals surface area contributed by atoms with Crippen molar-refractivity contribution in [3.63, 3.8) is 0 Å². The van der Waals surface area contributed by atoms with E-state index in [4.69, 9.17) is 0 Å². The molecule has 0 amide bonds. The topological polar surface area (TPSA) is 34.1 Å². The summed E-state index contributed by atoms with van der Waals surface area (Å²) in [6.07, 6.45) is 0. The molecule has 3 aliphatic rings. The van der Waals surface area contributed by atoms with Crippen molar-refractivity contribution in [2.45, 2.75) is 23.7 Å². The first-order valence-electron chi connectivity index (χ1n) is 11.2. The summed E-state index contributed by atoms with van der Waals surface area (Å²) < 4.78 is 0. The predicted octanol–water partition coefficient (Wildman–Crippen LogP) is 6.22. The van der Waals surface area contributed by atoms with Crippen LogP contribution in [0.3, 0.4) is 0 Å². The summed E-state index contributed by atoms with van der Waals surface area (Å²) in [5, 5.41) is 0. The van der Waals surface area contributed by atoms with Crippen molar-refractivity contribution < 1.29 is 9.59 Å². The maximum atomic E-state index is 14.3. The molecule has 4 aromatic carbocycles. The van der Waals surface area contributed by atoms with Crippen LogP contribution in [0.4, 0.5) is 0 Å². The summed E-state index contributed by atoms with van der Waals surface area (Å²) in [6.45, 7) is 0. The van der Waals surface area contributed by atoms with Crippen molar-refractivity contribution in [1.82, 2.24) is 0 Å². The van der Waals surface area contributed by atoms with Gasteiger partial charge in [0.1, 0.15) is 0 Å². The van der Waals surface area contributed by atoms with E-state index in [-0.39, 0.29) is 35.2 Å². The largest absolute Gasteiger partial charge is 0.293 e. The molecule has 4 unspecified atom stereocenters. The van der Waals surface area contributed by atoms with E-state index in [0.717, 1.165) is 44.5 Å². The molecular formula is C30H20O2. The van der Waals surface area contributed by atoms with Crippen molar-refractivity contribution in [2.24, 2.45) is 0 Å². The van der Waals surface area contributed by atoms with Crippen molar-refractivity contribution in [3.8, 4) is 0 Å². The van der Waals surface area contributed by atoms with Gasteiger partial charge >= 0.3 is 0 Å². The molecule has 152 valence electrons. The van der Waals surface area contributed by atoms with Crippen LogP contribution in [0.15, 0.2) is 97.1 Å². The molecule has 32 heavy (non-hydrogen) atoms. The Hall–Kier alpha value is -3.78. The van der Waals surface area contributed by atoms with Crippen LogP contribution in [0.2, 0.25) is 0 Å². The molecule has 0 N–H and O–H groups in total. The maximum absolute atomic E-state index is 14.3. The van der Waals surface area contributed by atoms with Crippen LogP contribution in [0.1, 0.15) is 77.8 Å². The zero-order chi connectivity index (χ0) is 21.4. The van der Waals surface area contributed by atoms with Gasteiger partial charge < -0.3 is 0 Å². The number of hydrogen-bond acceptors (Lipinski definition) is 2. The van der Waals surface area contributed by atoms with E-state index in [1.165, 1.54) is 0 Å². The van der Waals surface area contributed by atoms with Gasteiger partial charge in [-0.1, -0.05) is 97.1 Å². The number of ketones is 2. The Balaban J connectivity index is 1.73. The van der Waals surface area contributed by atoms with Crippen LogP contribution in [0, 0.1) is 0 Å². The van der Waals surface area contributed by atoms with Gasteiger partial charge in [0, 0.05) is 23.0 Å². The number of carbonyl (C=O) groups excluding carboxylic acids is 2. The molecule has 4 bridgehead atoms.